The predicted octanol–water partition coefficient (Wildman–Crippen LogP) is 1.53. The van der Waals surface area contributed by atoms with Crippen molar-refractivity contribution in [2.24, 2.45) is 0 Å². The molecule has 0 N–H and O–H groups in total. The Kier molecular flexibility index (Phi) is 3980. The number of hydrogen-bond acceptors (Lipinski definition) is 0. The second kappa shape index (κ2) is 79.9. The van der Waals surface area contributed by atoms with Crippen LogP contribution in [-0.4, -0.2) is 0 Å². The molecule has 0 saturated heterocycles. The zero-order valence-electron chi connectivity index (χ0n) is 2.41. The van der Waals surface area contributed by atoms with Crippen LogP contribution in [0.15, 0.2) is 0 Å². The minimum atomic E-state index is 0. The molecule has 0 rings (SSSR count). The molecule has 0 heterocycles. The van der Waals surface area contributed by atoms with Crippen LogP contribution in [0.25, 0.3) is 0 Å². The monoisotopic (exact) mass is 98.0 g/mol. The molecule has 0 bridgehead atoms. The molecule has 0 radical (unpaired) electrons. The summed E-state index contributed by atoms with van der Waals surface area (Å²) < 4.78 is 0. The second-order valence-electron chi connectivity index (χ2n) is 0. The summed E-state index contributed by atoms with van der Waals surface area (Å²) in [7, 11) is 0. The van der Waals surface area contributed by atoms with E-state index in [1.165, 1.54) is 0 Å². The quantitative estimate of drug-likeness (QED) is 0.403. The molecule has 4 heavy (non-hydrogen) atoms. The summed E-state index contributed by atoms with van der Waals surface area (Å²) in [6, 6.07) is 0. The average Bonchev–Trinajstić information content (AvgIpc) is 0. The van der Waals surface area contributed by atoms with Crippen LogP contribution < -0.4 is 0 Å². The molecule has 1 heteroatoms. The standard InChI is InChI=1S/CH4.2CH3.Cr/h1H4;2*1H3;/q;2*-1;+2. The third-order valence-corrected chi connectivity index (χ3v) is 0. The Morgan fingerprint density at radius 2 is 0.750 bits per heavy atom. The maximum Gasteiger partial charge on any atom is 2.00 e. The van der Waals surface area contributed by atoms with E-state index in [1.54, 1.807) is 0 Å². The Balaban J connectivity index is 0. The first-order valence-corrected chi connectivity index (χ1v) is 0. The molecule has 0 fully saturated rings. The van der Waals surface area contributed by atoms with Gasteiger partial charge >= 0.3 is 17.4 Å². The van der Waals surface area contributed by atoms with E-state index in [0.717, 1.165) is 0 Å². The molecule has 28 valence electrons. The molecule has 0 aliphatic rings. The normalized spacial score (nSPS) is 0. The molecule has 0 unspecified atom stereocenters. The summed E-state index contributed by atoms with van der Waals surface area (Å²) in [5.41, 5.74) is 0. The molecular formula is C3H10Cr. The van der Waals surface area contributed by atoms with Gasteiger partial charge in [-0.1, -0.05) is 7.43 Å². The van der Waals surface area contributed by atoms with Gasteiger partial charge in [-0.25, -0.2) is 0 Å². The van der Waals surface area contributed by atoms with Crippen LogP contribution in [0.3, 0.4) is 0 Å². The van der Waals surface area contributed by atoms with E-state index >= 15 is 0 Å². The first-order valence-electron chi connectivity index (χ1n) is 0. The van der Waals surface area contributed by atoms with Crippen molar-refractivity contribution in [3.05, 3.63) is 14.9 Å². The maximum atomic E-state index is 0. The first-order chi connectivity index (χ1) is 0. The van der Waals surface area contributed by atoms with E-state index in [1.807, 2.05) is 0 Å². The molecule has 0 aromatic heterocycles. The molecule has 0 aromatic carbocycles. The third-order valence-electron chi connectivity index (χ3n) is 0. The fourth-order valence-corrected chi connectivity index (χ4v) is 0. The van der Waals surface area contributed by atoms with Gasteiger partial charge in [-0.3, -0.25) is 0 Å². The maximum absolute atomic E-state index is 0. The Hall–Kier alpha value is 0.532. The molecule has 0 nitrogen and oxygen atoms in total. The van der Waals surface area contributed by atoms with Gasteiger partial charge in [-0.15, -0.1) is 0 Å². The van der Waals surface area contributed by atoms with Crippen molar-refractivity contribution in [3.63, 3.8) is 0 Å². The van der Waals surface area contributed by atoms with Gasteiger partial charge in [0, 0.05) is 0 Å². The van der Waals surface area contributed by atoms with Crippen LogP contribution in [0, 0.1) is 14.9 Å². The van der Waals surface area contributed by atoms with Crippen LogP contribution in [-0.2, 0) is 17.4 Å². The summed E-state index contributed by atoms with van der Waals surface area (Å²) >= 11 is 0. The van der Waals surface area contributed by atoms with Gasteiger partial charge in [0.05, 0.1) is 0 Å². The average molecular weight is 98.1 g/mol. The molecular weight excluding hydrogens is 88.0 g/mol. The summed E-state index contributed by atoms with van der Waals surface area (Å²) in [5, 5.41) is 0. The van der Waals surface area contributed by atoms with Gasteiger partial charge in [-0.2, -0.15) is 0 Å². The largest absolute Gasteiger partial charge is 2.00 e. The van der Waals surface area contributed by atoms with Crippen molar-refractivity contribution < 1.29 is 17.4 Å². The number of hydrogen-bond donors (Lipinski definition) is 0. The van der Waals surface area contributed by atoms with Crippen LogP contribution in [0.1, 0.15) is 7.43 Å². The summed E-state index contributed by atoms with van der Waals surface area (Å²) in [6.45, 7) is 0. The zero-order valence-corrected chi connectivity index (χ0v) is 3.68. The van der Waals surface area contributed by atoms with Crippen LogP contribution in [0.5, 0.6) is 0 Å². The molecule has 0 aliphatic heterocycles. The fraction of sp³-hybridized carbons (Fsp3) is 0.333. The third kappa shape index (κ3) is 21.0. The number of rotatable bonds is 0. The van der Waals surface area contributed by atoms with E-state index in [4.69, 9.17) is 0 Å². The first kappa shape index (κ1) is 199. The topological polar surface area (TPSA) is 0 Å². The van der Waals surface area contributed by atoms with Crippen molar-refractivity contribution in [1.82, 2.24) is 0 Å². The van der Waals surface area contributed by atoms with Crippen molar-refractivity contribution in [1.29, 1.82) is 0 Å². The van der Waals surface area contributed by atoms with Crippen molar-refractivity contribution in [2.45, 2.75) is 7.43 Å². The van der Waals surface area contributed by atoms with E-state index in [0.29, 0.717) is 0 Å². The van der Waals surface area contributed by atoms with E-state index in [9.17, 15) is 0 Å². The van der Waals surface area contributed by atoms with E-state index in [2.05, 4.69) is 0 Å². The van der Waals surface area contributed by atoms with Gasteiger partial charge < -0.3 is 14.9 Å². The van der Waals surface area contributed by atoms with Crippen LogP contribution in [0.4, 0.5) is 0 Å². The van der Waals surface area contributed by atoms with Gasteiger partial charge in [0.25, 0.3) is 0 Å². The Bertz CT molecular complexity index is 3.25. The second-order valence-corrected chi connectivity index (χ2v) is 0. The van der Waals surface area contributed by atoms with Crippen LogP contribution in [0.2, 0.25) is 0 Å². The van der Waals surface area contributed by atoms with E-state index in [-0.39, 0.29) is 39.6 Å². The Morgan fingerprint density at radius 1 is 0.750 bits per heavy atom. The fourth-order valence-electron chi connectivity index (χ4n) is 0. The molecule has 0 amide bonds. The zero-order chi connectivity index (χ0) is 0. The summed E-state index contributed by atoms with van der Waals surface area (Å²) in [6.07, 6.45) is 0. The SMILES string of the molecule is C.[CH3-].[CH3-].[Cr+2]. The minimum absolute atomic E-state index is 0. The molecule has 0 spiro atoms. The molecule has 0 aromatic rings. The Labute approximate surface area is 40.4 Å². The van der Waals surface area contributed by atoms with Gasteiger partial charge in [0.2, 0.25) is 0 Å². The van der Waals surface area contributed by atoms with Crippen molar-refractivity contribution in [3.8, 4) is 0 Å². The predicted molar refractivity (Wildman–Crippen MR) is 19.6 cm³/mol. The molecule has 0 saturated carbocycles. The minimum Gasteiger partial charge on any atom is -0.358 e. The summed E-state index contributed by atoms with van der Waals surface area (Å²) in [4.78, 5) is 0. The van der Waals surface area contributed by atoms with Crippen molar-refractivity contribution in [2.75, 3.05) is 0 Å². The van der Waals surface area contributed by atoms with Gasteiger partial charge in [-0.05, 0) is 0 Å². The van der Waals surface area contributed by atoms with Crippen molar-refractivity contribution >= 4 is 0 Å². The Morgan fingerprint density at radius 3 is 0.750 bits per heavy atom. The van der Waals surface area contributed by atoms with E-state index < -0.39 is 0 Å². The molecule has 0 atom stereocenters. The van der Waals surface area contributed by atoms with Gasteiger partial charge in [0.15, 0.2) is 0 Å². The smallest absolute Gasteiger partial charge is 0.358 e. The molecule has 0 aliphatic carbocycles. The summed E-state index contributed by atoms with van der Waals surface area (Å²) in [5.74, 6) is 0. The van der Waals surface area contributed by atoms with Gasteiger partial charge in [0.1, 0.15) is 0 Å². The van der Waals surface area contributed by atoms with Crippen LogP contribution >= 0.6 is 0 Å².